The average Bonchev–Trinajstić information content (AvgIpc) is 2.91. The summed E-state index contributed by atoms with van der Waals surface area (Å²) in [6.45, 7) is 0. The van der Waals surface area contributed by atoms with E-state index in [1.807, 2.05) is 0 Å². The molecule has 0 unspecified atom stereocenters. The average molecular weight is 577 g/mol. The van der Waals surface area contributed by atoms with Crippen molar-refractivity contribution in [3.05, 3.63) is 85.2 Å². The molecule has 0 aliphatic carbocycles. The van der Waals surface area contributed by atoms with Gasteiger partial charge in [-0.25, -0.2) is 0 Å². The molecule has 202 valence electrons. The van der Waals surface area contributed by atoms with Crippen LogP contribution in [0.2, 0.25) is 0 Å². The Labute approximate surface area is 229 Å². The molecule has 2 aromatic heterocycles. The molecule has 0 saturated carbocycles. The van der Waals surface area contributed by atoms with E-state index in [9.17, 15) is 16.8 Å². The van der Waals surface area contributed by atoms with E-state index >= 15 is 0 Å². The molecule has 0 aliphatic rings. The van der Waals surface area contributed by atoms with Crippen LogP contribution in [0.25, 0.3) is 21.8 Å². The first-order valence-electron chi connectivity index (χ1n) is 11.5. The lowest BCUT2D eigenvalue weighted by atomic mass is 10.2. The molecule has 0 atom stereocenters. The van der Waals surface area contributed by atoms with Gasteiger partial charge in [-0.2, -0.15) is 27.1 Å². The van der Waals surface area contributed by atoms with Crippen molar-refractivity contribution in [3.8, 4) is 11.5 Å². The fourth-order valence-corrected chi connectivity index (χ4v) is 4.63. The highest BCUT2D eigenvalue weighted by Gasteiger charge is 2.13. The first kappa shape index (κ1) is 26.8. The minimum atomic E-state index is -3.72. The van der Waals surface area contributed by atoms with Gasteiger partial charge in [-0.3, -0.25) is 9.97 Å². The molecule has 0 bridgehead atoms. The molecule has 0 aliphatic heterocycles. The Morgan fingerprint density at radius 1 is 0.550 bits per heavy atom. The monoisotopic (exact) mass is 576 g/mol. The lowest BCUT2D eigenvalue weighted by molar-refractivity contribution is 0.493. The van der Waals surface area contributed by atoms with Gasteiger partial charge in [0.05, 0.1) is 35.3 Å². The molecule has 5 aromatic rings. The van der Waals surface area contributed by atoms with Crippen LogP contribution in [0.5, 0.6) is 11.5 Å². The van der Waals surface area contributed by atoms with E-state index in [1.54, 1.807) is 60.7 Å². The van der Waals surface area contributed by atoms with E-state index < -0.39 is 20.2 Å². The van der Waals surface area contributed by atoms with Crippen molar-refractivity contribution >= 4 is 64.8 Å². The first-order chi connectivity index (χ1) is 19.1. The maximum absolute atomic E-state index is 11.6. The summed E-state index contributed by atoms with van der Waals surface area (Å²) in [7, 11) is -7.45. The highest BCUT2D eigenvalue weighted by atomic mass is 32.2. The molecule has 0 radical (unpaired) electrons. The van der Waals surface area contributed by atoms with Crippen LogP contribution in [-0.4, -0.2) is 39.3 Å². The molecule has 2 heterocycles. The highest BCUT2D eigenvalue weighted by molar-refractivity contribution is 7.86. The van der Waals surface area contributed by atoms with Crippen molar-refractivity contribution in [3.63, 3.8) is 0 Å². The van der Waals surface area contributed by atoms with E-state index in [2.05, 4.69) is 30.4 Å². The molecule has 0 fully saturated rings. The van der Waals surface area contributed by atoms with Gasteiger partial charge in [0.1, 0.15) is 11.0 Å². The van der Waals surface area contributed by atoms with Crippen molar-refractivity contribution in [1.29, 1.82) is 0 Å². The van der Waals surface area contributed by atoms with Crippen LogP contribution in [0, 0.1) is 0 Å². The number of rotatable bonds is 8. The fourth-order valence-electron chi connectivity index (χ4n) is 3.71. The number of hydrogen-bond acceptors (Lipinski definition) is 12. The second-order valence-electron chi connectivity index (χ2n) is 8.46. The van der Waals surface area contributed by atoms with Gasteiger partial charge in [0.15, 0.2) is 11.5 Å². The Balaban J connectivity index is 1.37. The van der Waals surface area contributed by atoms with Gasteiger partial charge in [-0.1, -0.05) is 0 Å². The molecule has 0 spiro atoms. The number of nitrogens with zero attached hydrogens (tertiary/aromatic N) is 6. The van der Waals surface area contributed by atoms with Crippen LogP contribution >= 0.6 is 0 Å². The molecule has 40 heavy (non-hydrogen) atoms. The Hall–Kier alpha value is -4.82. The van der Waals surface area contributed by atoms with Gasteiger partial charge in [0.2, 0.25) is 0 Å². The number of benzene rings is 3. The van der Waals surface area contributed by atoms with Crippen LogP contribution in [-0.2, 0) is 20.2 Å². The zero-order chi connectivity index (χ0) is 28.3. The predicted molar refractivity (Wildman–Crippen MR) is 149 cm³/mol. The van der Waals surface area contributed by atoms with Gasteiger partial charge in [-0.05, 0) is 72.8 Å². The smallest absolute Gasteiger partial charge is 0.306 e. The van der Waals surface area contributed by atoms with E-state index in [1.165, 1.54) is 24.5 Å². The standard InChI is InChI=1S/C26H20N6O6S2/c1-39(33,34)37-23-13-11-21(19-5-3-15-27-25(19)23)31-29-17-7-9-18(10-8-17)30-32-22-12-14-24(38-40(2,35)36)26-20(22)6-4-16-28-26/h3-16H,1-2H3. The maximum atomic E-state index is 11.6. The third-order valence-corrected chi connectivity index (χ3v) is 6.26. The second kappa shape index (κ2) is 10.7. The van der Waals surface area contributed by atoms with Crippen molar-refractivity contribution in [2.24, 2.45) is 20.5 Å². The van der Waals surface area contributed by atoms with Crippen LogP contribution in [0.1, 0.15) is 0 Å². The minimum absolute atomic E-state index is 0.105. The van der Waals surface area contributed by atoms with Crippen LogP contribution in [0.4, 0.5) is 22.7 Å². The lowest BCUT2D eigenvalue weighted by Gasteiger charge is -2.07. The van der Waals surface area contributed by atoms with E-state index in [0.29, 0.717) is 44.6 Å². The highest BCUT2D eigenvalue weighted by Crippen LogP contribution is 2.35. The number of hydrogen-bond donors (Lipinski definition) is 0. The number of fused-ring (bicyclic) bond motifs is 2. The Bertz CT molecular complexity index is 1870. The fraction of sp³-hybridized carbons (Fsp3) is 0.0769. The number of aromatic nitrogens is 2. The predicted octanol–water partition coefficient (Wildman–Crippen LogP) is 6.29. The Morgan fingerprint density at radius 2 is 0.950 bits per heavy atom. The summed E-state index contributed by atoms with van der Waals surface area (Å²) in [4.78, 5) is 8.45. The van der Waals surface area contributed by atoms with Gasteiger partial charge in [-0.15, -0.1) is 10.2 Å². The van der Waals surface area contributed by atoms with Gasteiger partial charge in [0.25, 0.3) is 0 Å². The van der Waals surface area contributed by atoms with Crippen LogP contribution in [0.3, 0.4) is 0 Å². The summed E-state index contributed by atoms with van der Waals surface area (Å²) in [6, 6.07) is 19.9. The van der Waals surface area contributed by atoms with Crippen LogP contribution in [0.15, 0.2) is 106 Å². The quantitative estimate of drug-likeness (QED) is 0.154. The van der Waals surface area contributed by atoms with Crippen molar-refractivity contribution in [2.45, 2.75) is 0 Å². The summed E-state index contributed by atoms with van der Waals surface area (Å²) < 4.78 is 56.4. The van der Waals surface area contributed by atoms with Gasteiger partial charge in [0, 0.05) is 23.2 Å². The normalized spacial score (nSPS) is 12.4. The van der Waals surface area contributed by atoms with E-state index in [4.69, 9.17) is 8.37 Å². The van der Waals surface area contributed by atoms with Gasteiger partial charge >= 0.3 is 20.2 Å². The topological polar surface area (TPSA) is 162 Å². The Kier molecular flexibility index (Phi) is 7.19. The van der Waals surface area contributed by atoms with Crippen LogP contribution < -0.4 is 8.37 Å². The molecule has 0 amide bonds. The third-order valence-electron chi connectivity index (χ3n) is 5.30. The number of azo groups is 2. The molecule has 5 rings (SSSR count). The summed E-state index contributed by atoms with van der Waals surface area (Å²) in [5.41, 5.74) is 2.75. The van der Waals surface area contributed by atoms with E-state index in [-0.39, 0.29) is 11.5 Å². The number of pyridine rings is 2. The maximum Gasteiger partial charge on any atom is 0.306 e. The van der Waals surface area contributed by atoms with E-state index in [0.717, 1.165) is 12.5 Å². The second-order valence-corrected chi connectivity index (χ2v) is 11.6. The molecule has 0 saturated heterocycles. The zero-order valence-electron chi connectivity index (χ0n) is 21.0. The minimum Gasteiger partial charge on any atom is -0.380 e. The van der Waals surface area contributed by atoms with Crippen molar-refractivity contribution < 1.29 is 25.2 Å². The molecule has 12 nitrogen and oxygen atoms in total. The van der Waals surface area contributed by atoms with Gasteiger partial charge < -0.3 is 8.37 Å². The summed E-state index contributed by atoms with van der Waals surface area (Å²) in [5.74, 6) is 0.209. The SMILES string of the molecule is CS(=O)(=O)Oc1ccc(N=Nc2ccc(N=Nc3ccc(OS(C)(=O)=O)c4ncccc34)cc2)c2cccnc12. The molecular formula is C26H20N6O6S2. The zero-order valence-corrected chi connectivity index (χ0v) is 22.7. The summed E-state index contributed by atoms with van der Waals surface area (Å²) >= 11 is 0. The lowest BCUT2D eigenvalue weighted by Crippen LogP contribution is -2.06. The summed E-state index contributed by atoms with van der Waals surface area (Å²) in [5, 5.41) is 18.3. The Morgan fingerprint density at radius 3 is 1.32 bits per heavy atom. The molecule has 3 aromatic carbocycles. The van der Waals surface area contributed by atoms with Crippen molar-refractivity contribution in [1.82, 2.24) is 9.97 Å². The third kappa shape index (κ3) is 6.42. The summed E-state index contributed by atoms with van der Waals surface area (Å²) in [6.07, 6.45) is 4.99. The first-order valence-corrected chi connectivity index (χ1v) is 15.2. The molecule has 14 heteroatoms. The molecular weight excluding hydrogens is 556 g/mol. The van der Waals surface area contributed by atoms with Crippen molar-refractivity contribution in [2.75, 3.05) is 12.5 Å². The largest absolute Gasteiger partial charge is 0.380 e. The molecule has 0 N–H and O–H groups in total.